The van der Waals surface area contributed by atoms with Crippen molar-refractivity contribution in [3.05, 3.63) is 59.7 Å². The summed E-state index contributed by atoms with van der Waals surface area (Å²) in [5, 5.41) is 10.6. The summed E-state index contributed by atoms with van der Waals surface area (Å²) in [5.74, 6) is 1.99. The molecular formula is C21H29NO3. The molecule has 0 spiro atoms. The Morgan fingerprint density at radius 1 is 0.920 bits per heavy atom. The molecule has 2 rings (SSSR count). The van der Waals surface area contributed by atoms with Gasteiger partial charge in [0.25, 0.3) is 0 Å². The van der Waals surface area contributed by atoms with Crippen LogP contribution in [-0.4, -0.2) is 37.3 Å². The molecule has 4 heteroatoms. The van der Waals surface area contributed by atoms with Crippen LogP contribution >= 0.6 is 0 Å². The third-order valence-electron chi connectivity index (χ3n) is 4.12. The molecule has 0 bridgehead atoms. The standard InChI is InChI=1S/C21H29NO3/c1-16(2)13-22(15-19(23)17-9-6-5-7-10-17)14-18-11-8-12-20(24-3)21(18)25-4/h5-12,16,19,23H,13-15H2,1-4H3. The van der Waals surface area contributed by atoms with Gasteiger partial charge in [0.05, 0.1) is 20.3 Å². The Kier molecular flexibility index (Phi) is 7.29. The Hall–Kier alpha value is -2.04. The Morgan fingerprint density at radius 3 is 2.24 bits per heavy atom. The van der Waals surface area contributed by atoms with Crippen LogP contribution in [0.25, 0.3) is 0 Å². The van der Waals surface area contributed by atoms with E-state index < -0.39 is 6.10 Å². The summed E-state index contributed by atoms with van der Waals surface area (Å²) in [6.07, 6.45) is -0.517. The van der Waals surface area contributed by atoms with Gasteiger partial charge in [0, 0.05) is 25.2 Å². The molecule has 1 N–H and O–H groups in total. The van der Waals surface area contributed by atoms with Crippen LogP contribution in [0, 0.1) is 5.92 Å². The maximum Gasteiger partial charge on any atom is 0.165 e. The smallest absolute Gasteiger partial charge is 0.165 e. The number of methoxy groups -OCH3 is 2. The molecule has 136 valence electrons. The van der Waals surface area contributed by atoms with Crippen molar-refractivity contribution in [1.29, 1.82) is 0 Å². The van der Waals surface area contributed by atoms with Gasteiger partial charge in [-0.1, -0.05) is 56.3 Å². The largest absolute Gasteiger partial charge is 0.493 e. The number of ether oxygens (including phenoxy) is 2. The minimum Gasteiger partial charge on any atom is -0.493 e. The highest BCUT2D eigenvalue weighted by molar-refractivity contribution is 5.46. The molecule has 0 saturated heterocycles. The lowest BCUT2D eigenvalue weighted by molar-refractivity contribution is 0.101. The van der Waals surface area contributed by atoms with Gasteiger partial charge in [-0.05, 0) is 17.5 Å². The second-order valence-electron chi connectivity index (χ2n) is 6.67. The minimum absolute atomic E-state index is 0.500. The molecule has 0 aliphatic heterocycles. The molecule has 0 aromatic heterocycles. The van der Waals surface area contributed by atoms with Crippen molar-refractivity contribution in [2.75, 3.05) is 27.3 Å². The Labute approximate surface area is 151 Å². The fourth-order valence-electron chi connectivity index (χ4n) is 3.06. The zero-order valence-corrected chi connectivity index (χ0v) is 15.6. The second-order valence-corrected chi connectivity index (χ2v) is 6.67. The monoisotopic (exact) mass is 343 g/mol. The number of aliphatic hydroxyl groups excluding tert-OH is 1. The number of benzene rings is 2. The first kappa shape index (κ1) is 19.3. The fourth-order valence-corrected chi connectivity index (χ4v) is 3.06. The summed E-state index contributed by atoms with van der Waals surface area (Å²) >= 11 is 0. The average Bonchev–Trinajstić information content (AvgIpc) is 2.61. The highest BCUT2D eigenvalue weighted by Crippen LogP contribution is 2.32. The predicted molar refractivity (Wildman–Crippen MR) is 101 cm³/mol. The van der Waals surface area contributed by atoms with Crippen molar-refractivity contribution in [2.45, 2.75) is 26.5 Å². The van der Waals surface area contributed by atoms with Crippen LogP contribution in [0.5, 0.6) is 11.5 Å². The van der Waals surface area contributed by atoms with Crippen LogP contribution in [0.1, 0.15) is 31.1 Å². The number of hydrogen-bond donors (Lipinski definition) is 1. The molecular weight excluding hydrogens is 314 g/mol. The summed E-state index contributed by atoms with van der Waals surface area (Å²) in [6, 6.07) is 15.7. The SMILES string of the molecule is COc1cccc(CN(CC(C)C)CC(O)c2ccccc2)c1OC. The molecule has 1 atom stereocenters. The molecule has 0 saturated carbocycles. The van der Waals surface area contributed by atoms with Crippen LogP contribution in [0.15, 0.2) is 48.5 Å². The summed E-state index contributed by atoms with van der Waals surface area (Å²) in [6.45, 7) is 6.53. The van der Waals surface area contributed by atoms with E-state index in [-0.39, 0.29) is 0 Å². The van der Waals surface area contributed by atoms with Gasteiger partial charge < -0.3 is 14.6 Å². The van der Waals surface area contributed by atoms with E-state index in [1.54, 1.807) is 14.2 Å². The van der Waals surface area contributed by atoms with Crippen LogP contribution in [0.4, 0.5) is 0 Å². The third-order valence-corrected chi connectivity index (χ3v) is 4.12. The van der Waals surface area contributed by atoms with Crippen LogP contribution in [-0.2, 0) is 6.54 Å². The molecule has 0 fully saturated rings. The van der Waals surface area contributed by atoms with E-state index >= 15 is 0 Å². The second kappa shape index (κ2) is 9.44. The minimum atomic E-state index is -0.517. The number of aliphatic hydroxyl groups is 1. The zero-order valence-electron chi connectivity index (χ0n) is 15.6. The summed E-state index contributed by atoms with van der Waals surface area (Å²) in [4.78, 5) is 2.26. The third kappa shape index (κ3) is 5.48. The fraction of sp³-hybridized carbons (Fsp3) is 0.429. The predicted octanol–water partition coefficient (Wildman–Crippen LogP) is 3.90. The topological polar surface area (TPSA) is 41.9 Å². The van der Waals surface area contributed by atoms with Gasteiger partial charge in [-0.2, -0.15) is 0 Å². The molecule has 0 radical (unpaired) electrons. The molecule has 0 heterocycles. The summed E-state index contributed by atoms with van der Waals surface area (Å²) in [5.41, 5.74) is 2.00. The normalized spacial score (nSPS) is 12.4. The van der Waals surface area contributed by atoms with Crippen molar-refractivity contribution in [1.82, 2.24) is 4.90 Å². The van der Waals surface area contributed by atoms with Crippen molar-refractivity contribution >= 4 is 0 Å². The van der Waals surface area contributed by atoms with Gasteiger partial charge in [0.2, 0.25) is 0 Å². The van der Waals surface area contributed by atoms with E-state index in [1.165, 1.54) is 0 Å². The first-order chi connectivity index (χ1) is 12.0. The van der Waals surface area contributed by atoms with Crippen molar-refractivity contribution < 1.29 is 14.6 Å². The lowest BCUT2D eigenvalue weighted by Crippen LogP contribution is -2.31. The van der Waals surface area contributed by atoms with Gasteiger partial charge >= 0.3 is 0 Å². The van der Waals surface area contributed by atoms with E-state index in [2.05, 4.69) is 18.7 Å². The van der Waals surface area contributed by atoms with Crippen LogP contribution in [0.3, 0.4) is 0 Å². The quantitative estimate of drug-likeness (QED) is 0.750. The van der Waals surface area contributed by atoms with Gasteiger partial charge in [0.1, 0.15) is 0 Å². The maximum atomic E-state index is 10.6. The molecule has 0 aliphatic carbocycles. The average molecular weight is 343 g/mol. The highest BCUT2D eigenvalue weighted by atomic mass is 16.5. The van der Waals surface area contributed by atoms with E-state index in [1.807, 2.05) is 48.5 Å². The Morgan fingerprint density at radius 2 is 1.64 bits per heavy atom. The molecule has 25 heavy (non-hydrogen) atoms. The number of rotatable bonds is 9. The lowest BCUT2D eigenvalue weighted by Gasteiger charge is -2.28. The van der Waals surface area contributed by atoms with Crippen molar-refractivity contribution in [2.24, 2.45) is 5.92 Å². The van der Waals surface area contributed by atoms with E-state index in [9.17, 15) is 5.11 Å². The molecule has 2 aromatic rings. The highest BCUT2D eigenvalue weighted by Gasteiger charge is 2.18. The molecule has 4 nitrogen and oxygen atoms in total. The van der Waals surface area contributed by atoms with Crippen LogP contribution < -0.4 is 9.47 Å². The van der Waals surface area contributed by atoms with Gasteiger partial charge in [-0.15, -0.1) is 0 Å². The molecule has 1 unspecified atom stereocenters. The Balaban J connectivity index is 2.18. The van der Waals surface area contributed by atoms with Gasteiger partial charge in [-0.3, -0.25) is 4.90 Å². The van der Waals surface area contributed by atoms with Gasteiger partial charge in [0.15, 0.2) is 11.5 Å². The molecule has 0 aliphatic rings. The number of para-hydroxylation sites is 1. The maximum absolute atomic E-state index is 10.6. The van der Waals surface area contributed by atoms with E-state index in [4.69, 9.17) is 9.47 Å². The van der Waals surface area contributed by atoms with E-state index in [0.717, 1.165) is 29.2 Å². The number of nitrogens with zero attached hydrogens (tertiary/aromatic N) is 1. The first-order valence-corrected chi connectivity index (χ1v) is 8.70. The number of hydrogen-bond acceptors (Lipinski definition) is 4. The van der Waals surface area contributed by atoms with E-state index in [0.29, 0.717) is 19.0 Å². The Bertz CT molecular complexity index is 643. The lowest BCUT2D eigenvalue weighted by atomic mass is 10.1. The summed E-state index contributed by atoms with van der Waals surface area (Å²) < 4.78 is 10.9. The zero-order chi connectivity index (χ0) is 18.2. The van der Waals surface area contributed by atoms with Gasteiger partial charge in [-0.25, -0.2) is 0 Å². The van der Waals surface area contributed by atoms with Crippen molar-refractivity contribution in [3.63, 3.8) is 0 Å². The summed E-state index contributed by atoms with van der Waals surface area (Å²) in [7, 11) is 3.31. The van der Waals surface area contributed by atoms with Crippen molar-refractivity contribution in [3.8, 4) is 11.5 Å². The first-order valence-electron chi connectivity index (χ1n) is 8.70. The van der Waals surface area contributed by atoms with Crippen LogP contribution in [0.2, 0.25) is 0 Å². The molecule has 2 aromatic carbocycles. The molecule has 0 amide bonds.